The molecule has 0 radical (unpaired) electrons. The summed E-state index contributed by atoms with van der Waals surface area (Å²) in [6.07, 6.45) is 2.49. The molecule has 1 fully saturated rings. The molecule has 2 heterocycles. The first-order valence-corrected chi connectivity index (χ1v) is 6.59. The second kappa shape index (κ2) is 5.08. The predicted molar refractivity (Wildman–Crippen MR) is 71.8 cm³/mol. The number of aromatic amines is 1. The number of H-pyrrole nitrogens is 1. The molecule has 1 saturated heterocycles. The number of aryl methyl sites for hydroxylation is 2. The highest BCUT2D eigenvalue weighted by molar-refractivity contribution is 5.75. The Hall–Kier alpha value is -1.39. The minimum absolute atomic E-state index is 0.359. The zero-order valence-electron chi connectivity index (χ0n) is 10.7. The van der Waals surface area contributed by atoms with Crippen molar-refractivity contribution in [2.24, 2.45) is 0 Å². The van der Waals surface area contributed by atoms with Gasteiger partial charge in [-0.1, -0.05) is 6.07 Å². The van der Waals surface area contributed by atoms with Crippen molar-refractivity contribution in [3.63, 3.8) is 0 Å². The average Bonchev–Trinajstić information content (AvgIpc) is 2.77. The molecule has 1 atom stereocenters. The Morgan fingerprint density at radius 1 is 1.44 bits per heavy atom. The van der Waals surface area contributed by atoms with Gasteiger partial charge in [0.05, 0.1) is 23.7 Å². The highest BCUT2D eigenvalue weighted by Crippen LogP contribution is 2.16. The molecule has 4 nitrogen and oxygen atoms in total. The van der Waals surface area contributed by atoms with Crippen molar-refractivity contribution >= 4 is 11.0 Å². The summed E-state index contributed by atoms with van der Waals surface area (Å²) in [6.45, 7) is 4.78. The number of fused-ring (bicyclic) bond motifs is 1. The normalized spacial score (nSPS) is 20.4. The van der Waals surface area contributed by atoms with Crippen LogP contribution in [-0.4, -0.2) is 35.8 Å². The quantitative estimate of drug-likeness (QED) is 0.867. The largest absolute Gasteiger partial charge is 0.376 e. The van der Waals surface area contributed by atoms with Gasteiger partial charge in [-0.15, -0.1) is 0 Å². The van der Waals surface area contributed by atoms with E-state index >= 15 is 0 Å². The van der Waals surface area contributed by atoms with Crippen LogP contribution in [0.25, 0.3) is 11.0 Å². The lowest BCUT2D eigenvalue weighted by atomic mass is 10.1. The number of benzene rings is 1. The molecule has 3 rings (SSSR count). The van der Waals surface area contributed by atoms with Crippen LogP contribution in [0, 0.1) is 6.92 Å². The van der Waals surface area contributed by atoms with Crippen LogP contribution in [0.2, 0.25) is 0 Å². The van der Waals surface area contributed by atoms with Crippen LogP contribution in [0.15, 0.2) is 18.2 Å². The third-order valence-corrected chi connectivity index (χ3v) is 3.42. The van der Waals surface area contributed by atoms with Crippen LogP contribution < -0.4 is 5.32 Å². The zero-order valence-corrected chi connectivity index (χ0v) is 10.7. The summed E-state index contributed by atoms with van der Waals surface area (Å²) in [6, 6.07) is 6.46. The third-order valence-electron chi connectivity index (χ3n) is 3.42. The highest BCUT2D eigenvalue weighted by Gasteiger charge is 2.13. The first-order chi connectivity index (χ1) is 8.81. The molecule has 0 bridgehead atoms. The van der Waals surface area contributed by atoms with Gasteiger partial charge in [-0.25, -0.2) is 4.98 Å². The predicted octanol–water partition coefficient (Wildman–Crippen LogP) is 1.79. The second-order valence-electron chi connectivity index (χ2n) is 4.91. The van der Waals surface area contributed by atoms with Crippen molar-refractivity contribution < 1.29 is 4.74 Å². The van der Waals surface area contributed by atoms with Gasteiger partial charge in [0.1, 0.15) is 5.82 Å². The van der Waals surface area contributed by atoms with Crippen LogP contribution >= 0.6 is 0 Å². The van der Waals surface area contributed by atoms with Gasteiger partial charge in [-0.05, 0) is 37.5 Å². The van der Waals surface area contributed by atoms with E-state index in [1.807, 2.05) is 6.92 Å². The second-order valence-corrected chi connectivity index (χ2v) is 4.91. The lowest BCUT2D eigenvalue weighted by Gasteiger charge is -2.23. The van der Waals surface area contributed by atoms with Gasteiger partial charge in [-0.2, -0.15) is 0 Å². The van der Waals surface area contributed by atoms with Crippen molar-refractivity contribution in [1.29, 1.82) is 0 Å². The van der Waals surface area contributed by atoms with Crippen LogP contribution in [0.5, 0.6) is 0 Å². The number of morpholine rings is 1. The van der Waals surface area contributed by atoms with E-state index in [0.29, 0.717) is 6.10 Å². The van der Waals surface area contributed by atoms with Gasteiger partial charge >= 0.3 is 0 Å². The number of ether oxygens (including phenoxy) is 1. The van der Waals surface area contributed by atoms with Crippen molar-refractivity contribution in [1.82, 2.24) is 15.3 Å². The smallest absolute Gasteiger partial charge is 0.104 e. The van der Waals surface area contributed by atoms with Crippen LogP contribution in [0.4, 0.5) is 0 Å². The summed E-state index contributed by atoms with van der Waals surface area (Å²) in [5.74, 6) is 0.974. The molecule has 2 aromatic rings. The van der Waals surface area contributed by atoms with Gasteiger partial charge in [0.25, 0.3) is 0 Å². The first-order valence-electron chi connectivity index (χ1n) is 6.59. The van der Waals surface area contributed by atoms with Crippen LogP contribution in [0.1, 0.15) is 17.8 Å². The molecule has 2 N–H and O–H groups in total. The van der Waals surface area contributed by atoms with Gasteiger partial charge in [0, 0.05) is 13.1 Å². The van der Waals surface area contributed by atoms with Crippen molar-refractivity contribution in [2.45, 2.75) is 25.9 Å². The molecule has 0 amide bonds. The number of hydrogen-bond acceptors (Lipinski definition) is 3. The Kier molecular flexibility index (Phi) is 3.30. The SMILES string of the molecule is Cc1nc2ccc(CCC3CNCCO3)cc2[nH]1. The summed E-state index contributed by atoms with van der Waals surface area (Å²) in [4.78, 5) is 7.70. The molecule has 1 aliphatic heterocycles. The fourth-order valence-corrected chi connectivity index (χ4v) is 2.47. The number of imidazole rings is 1. The fourth-order valence-electron chi connectivity index (χ4n) is 2.47. The van der Waals surface area contributed by atoms with E-state index in [4.69, 9.17) is 4.74 Å². The number of aromatic nitrogens is 2. The van der Waals surface area contributed by atoms with E-state index in [0.717, 1.165) is 49.4 Å². The van der Waals surface area contributed by atoms with Crippen LogP contribution in [-0.2, 0) is 11.2 Å². The minimum atomic E-state index is 0.359. The maximum absolute atomic E-state index is 5.71. The summed E-state index contributed by atoms with van der Waals surface area (Å²) >= 11 is 0. The zero-order chi connectivity index (χ0) is 12.4. The average molecular weight is 245 g/mol. The summed E-state index contributed by atoms with van der Waals surface area (Å²) in [5, 5.41) is 3.36. The van der Waals surface area contributed by atoms with Crippen molar-refractivity contribution in [3.05, 3.63) is 29.6 Å². The van der Waals surface area contributed by atoms with Gasteiger partial charge < -0.3 is 15.0 Å². The molecule has 0 aliphatic carbocycles. The molecule has 1 aromatic heterocycles. The Labute approximate surface area is 107 Å². The van der Waals surface area contributed by atoms with E-state index in [1.54, 1.807) is 0 Å². The number of rotatable bonds is 3. The fraction of sp³-hybridized carbons (Fsp3) is 0.500. The maximum Gasteiger partial charge on any atom is 0.104 e. The third kappa shape index (κ3) is 2.54. The minimum Gasteiger partial charge on any atom is -0.376 e. The molecule has 0 spiro atoms. The van der Waals surface area contributed by atoms with Gasteiger partial charge in [-0.3, -0.25) is 0 Å². The molecule has 0 saturated carbocycles. The van der Waals surface area contributed by atoms with E-state index in [2.05, 4.69) is 33.5 Å². The number of hydrogen-bond donors (Lipinski definition) is 2. The monoisotopic (exact) mass is 245 g/mol. The molecule has 4 heteroatoms. The van der Waals surface area contributed by atoms with Gasteiger partial charge in [0.15, 0.2) is 0 Å². The molecular formula is C14H19N3O. The molecule has 18 heavy (non-hydrogen) atoms. The summed E-state index contributed by atoms with van der Waals surface area (Å²) in [5.41, 5.74) is 3.53. The summed E-state index contributed by atoms with van der Waals surface area (Å²) in [7, 11) is 0. The van der Waals surface area contributed by atoms with Gasteiger partial charge in [0.2, 0.25) is 0 Å². The van der Waals surface area contributed by atoms with E-state index < -0.39 is 0 Å². The Balaban J connectivity index is 1.66. The lowest BCUT2D eigenvalue weighted by molar-refractivity contribution is 0.0238. The lowest BCUT2D eigenvalue weighted by Crippen LogP contribution is -2.38. The maximum atomic E-state index is 5.71. The topological polar surface area (TPSA) is 49.9 Å². The highest BCUT2D eigenvalue weighted by atomic mass is 16.5. The Morgan fingerprint density at radius 2 is 2.39 bits per heavy atom. The van der Waals surface area contributed by atoms with Crippen LogP contribution in [0.3, 0.4) is 0 Å². The number of nitrogens with one attached hydrogen (secondary N) is 2. The summed E-state index contributed by atoms with van der Waals surface area (Å²) < 4.78 is 5.71. The molecular weight excluding hydrogens is 226 g/mol. The Bertz CT molecular complexity index is 529. The standard InChI is InChI=1S/C14H19N3O/c1-10-16-13-5-3-11(8-14(13)17-10)2-4-12-9-15-6-7-18-12/h3,5,8,12,15H,2,4,6-7,9H2,1H3,(H,16,17). The molecule has 1 aliphatic rings. The van der Waals surface area contributed by atoms with Crippen molar-refractivity contribution in [2.75, 3.05) is 19.7 Å². The molecule has 1 aromatic carbocycles. The van der Waals surface area contributed by atoms with Crippen molar-refractivity contribution in [3.8, 4) is 0 Å². The molecule has 1 unspecified atom stereocenters. The first kappa shape index (κ1) is 11.7. The van der Waals surface area contributed by atoms with E-state index in [-0.39, 0.29) is 0 Å². The number of nitrogens with zero attached hydrogens (tertiary/aromatic N) is 1. The van der Waals surface area contributed by atoms with E-state index in [9.17, 15) is 0 Å². The van der Waals surface area contributed by atoms with E-state index in [1.165, 1.54) is 5.56 Å². The molecule has 96 valence electrons. The Morgan fingerprint density at radius 3 is 3.22 bits per heavy atom.